The maximum Gasteiger partial charge on any atom is 0.408 e. The third-order valence-electron chi connectivity index (χ3n) is 3.38. The number of carbonyl (C=O) groups is 3. The molecule has 0 aliphatic heterocycles. The van der Waals surface area contributed by atoms with Gasteiger partial charge in [0.1, 0.15) is 18.0 Å². The van der Waals surface area contributed by atoms with Crippen LogP contribution < -0.4 is 5.32 Å². The fourth-order valence-corrected chi connectivity index (χ4v) is 2.33. The Bertz CT molecular complexity index is 382. The summed E-state index contributed by atoms with van der Waals surface area (Å²) < 4.78 is 10.4. The van der Waals surface area contributed by atoms with Gasteiger partial charge in [-0.05, 0) is 52.9 Å². The van der Waals surface area contributed by atoms with E-state index in [4.69, 9.17) is 9.47 Å². The van der Waals surface area contributed by atoms with Crippen molar-refractivity contribution in [2.45, 2.75) is 83.5 Å². The molecule has 0 spiro atoms. The lowest BCUT2D eigenvalue weighted by Gasteiger charge is -2.23. The maximum absolute atomic E-state index is 11.8. The summed E-state index contributed by atoms with van der Waals surface area (Å²) in [4.78, 5) is 34.3. The standard InChI is InChI=1S/C16H27NO5/c1-16(2,3)22-15(20)17-12(11-18)9-10-14(19)21-13-7-5-4-6-8-13/h11-13H,4-10H2,1-3H3,(H,17,20). The summed E-state index contributed by atoms with van der Waals surface area (Å²) in [6, 6.07) is -0.742. The average molecular weight is 313 g/mol. The molecule has 1 aliphatic carbocycles. The van der Waals surface area contributed by atoms with Crippen LogP contribution in [-0.4, -0.2) is 36.1 Å². The van der Waals surface area contributed by atoms with Gasteiger partial charge in [-0.2, -0.15) is 0 Å². The van der Waals surface area contributed by atoms with Crippen molar-refractivity contribution in [1.82, 2.24) is 5.32 Å². The molecular formula is C16H27NO5. The van der Waals surface area contributed by atoms with Gasteiger partial charge in [0.15, 0.2) is 0 Å². The summed E-state index contributed by atoms with van der Waals surface area (Å²) in [5.41, 5.74) is -0.628. The second-order valence-electron chi connectivity index (χ2n) is 6.68. The highest BCUT2D eigenvalue weighted by molar-refractivity contribution is 5.75. The quantitative estimate of drug-likeness (QED) is 0.602. The van der Waals surface area contributed by atoms with Crippen molar-refractivity contribution < 1.29 is 23.9 Å². The summed E-state index contributed by atoms with van der Waals surface area (Å²) in [6.45, 7) is 5.22. The highest BCUT2D eigenvalue weighted by atomic mass is 16.6. The van der Waals surface area contributed by atoms with E-state index in [0.717, 1.165) is 25.7 Å². The van der Waals surface area contributed by atoms with Crippen molar-refractivity contribution in [2.75, 3.05) is 0 Å². The third-order valence-corrected chi connectivity index (χ3v) is 3.38. The largest absolute Gasteiger partial charge is 0.462 e. The van der Waals surface area contributed by atoms with Crippen LogP contribution in [0, 0.1) is 0 Å². The lowest BCUT2D eigenvalue weighted by atomic mass is 9.98. The van der Waals surface area contributed by atoms with Crippen LogP contribution >= 0.6 is 0 Å². The number of hydrogen-bond donors (Lipinski definition) is 1. The minimum absolute atomic E-state index is 0.00902. The molecule has 1 rings (SSSR count). The minimum Gasteiger partial charge on any atom is -0.462 e. The van der Waals surface area contributed by atoms with Gasteiger partial charge >= 0.3 is 12.1 Å². The first-order valence-corrected chi connectivity index (χ1v) is 7.94. The van der Waals surface area contributed by atoms with Crippen LogP contribution in [0.4, 0.5) is 4.79 Å². The predicted octanol–water partition coefficient (Wildman–Crippen LogP) is 2.73. The molecule has 0 bridgehead atoms. The Labute approximate surface area is 131 Å². The fraction of sp³-hybridized carbons (Fsp3) is 0.812. The average Bonchev–Trinajstić information content (AvgIpc) is 2.42. The monoisotopic (exact) mass is 313 g/mol. The molecule has 1 atom stereocenters. The first-order chi connectivity index (χ1) is 10.3. The molecule has 1 amide bonds. The molecule has 0 aromatic rings. The van der Waals surface area contributed by atoms with Crippen LogP contribution in [0.15, 0.2) is 0 Å². The summed E-state index contributed by atoms with van der Waals surface area (Å²) in [6.07, 6.45) is 5.49. The number of nitrogens with one attached hydrogen (secondary N) is 1. The van der Waals surface area contributed by atoms with Crippen molar-refractivity contribution in [3.05, 3.63) is 0 Å². The van der Waals surface area contributed by atoms with E-state index >= 15 is 0 Å². The second-order valence-corrected chi connectivity index (χ2v) is 6.68. The number of rotatable bonds is 6. The van der Waals surface area contributed by atoms with Gasteiger partial charge in [0.25, 0.3) is 0 Å². The predicted molar refractivity (Wildman–Crippen MR) is 81.4 cm³/mol. The molecule has 0 radical (unpaired) electrons. The molecule has 1 fully saturated rings. The topological polar surface area (TPSA) is 81.7 Å². The third kappa shape index (κ3) is 8.00. The van der Waals surface area contributed by atoms with E-state index in [1.165, 1.54) is 6.42 Å². The number of ether oxygens (including phenoxy) is 2. The van der Waals surface area contributed by atoms with Crippen LogP contribution in [0.25, 0.3) is 0 Å². The number of carbonyl (C=O) groups excluding carboxylic acids is 3. The molecule has 0 aromatic carbocycles. The number of aldehydes is 1. The van der Waals surface area contributed by atoms with Gasteiger partial charge in [0.05, 0.1) is 6.04 Å². The van der Waals surface area contributed by atoms with E-state index in [0.29, 0.717) is 6.29 Å². The molecular weight excluding hydrogens is 286 g/mol. The van der Waals surface area contributed by atoms with Crippen molar-refractivity contribution in [3.63, 3.8) is 0 Å². The van der Waals surface area contributed by atoms with Crippen LogP contribution in [0.5, 0.6) is 0 Å². The fourth-order valence-electron chi connectivity index (χ4n) is 2.33. The number of alkyl carbamates (subject to hydrolysis) is 1. The van der Waals surface area contributed by atoms with Gasteiger partial charge in [-0.1, -0.05) is 6.42 Å². The molecule has 0 saturated heterocycles. The van der Waals surface area contributed by atoms with Crippen LogP contribution in [0.2, 0.25) is 0 Å². The minimum atomic E-state index is -0.742. The van der Waals surface area contributed by atoms with Crippen molar-refractivity contribution >= 4 is 18.3 Å². The molecule has 6 nitrogen and oxygen atoms in total. The zero-order valence-corrected chi connectivity index (χ0v) is 13.7. The number of amides is 1. The van der Waals surface area contributed by atoms with Crippen molar-refractivity contribution in [1.29, 1.82) is 0 Å². The summed E-state index contributed by atoms with van der Waals surface area (Å²) in [5.74, 6) is -0.315. The van der Waals surface area contributed by atoms with Gasteiger partial charge in [0, 0.05) is 6.42 Å². The van der Waals surface area contributed by atoms with Gasteiger partial charge in [-0.25, -0.2) is 4.79 Å². The molecule has 126 valence electrons. The number of esters is 1. The lowest BCUT2D eigenvalue weighted by Crippen LogP contribution is -2.40. The maximum atomic E-state index is 11.8. The highest BCUT2D eigenvalue weighted by Gasteiger charge is 2.21. The lowest BCUT2D eigenvalue weighted by molar-refractivity contribution is -0.150. The number of hydrogen-bond acceptors (Lipinski definition) is 5. The molecule has 1 unspecified atom stereocenters. The molecule has 1 aliphatic rings. The Morgan fingerprint density at radius 1 is 1.23 bits per heavy atom. The molecule has 0 heterocycles. The van der Waals surface area contributed by atoms with E-state index in [1.54, 1.807) is 20.8 Å². The molecule has 6 heteroatoms. The summed E-state index contributed by atoms with van der Waals surface area (Å²) in [5, 5.41) is 2.45. The van der Waals surface area contributed by atoms with E-state index < -0.39 is 17.7 Å². The normalized spacial score (nSPS) is 17.4. The molecule has 1 N–H and O–H groups in total. The zero-order chi connectivity index (χ0) is 16.6. The van der Waals surface area contributed by atoms with Gasteiger partial charge in [-0.3, -0.25) is 4.79 Å². The summed E-state index contributed by atoms with van der Waals surface area (Å²) >= 11 is 0. The van der Waals surface area contributed by atoms with E-state index in [1.807, 2.05) is 0 Å². The SMILES string of the molecule is CC(C)(C)OC(=O)NC(C=O)CCC(=O)OC1CCCCC1. The van der Waals surface area contributed by atoms with Crippen LogP contribution in [0.3, 0.4) is 0 Å². The zero-order valence-electron chi connectivity index (χ0n) is 13.7. The second kappa shape index (κ2) is 8.76. The summed E-state index contributed by atoms with van der Waals surface area (Å²) in [7, 11) is 0. The van der Waals surface area contributed by atoms with Crippen LogP contribution in [-0.2, 0) is 19.1 Å². The van der Waals surface area contributed by atoms with E-state index in [2.05, 4.69) is 5.32 Å². The van der Waals surface area contributed by atoms with E-state index in [9.17, 15) is 14.4 Å². The highest BCUT2D eigenvalue weighted by Crippen LogP contribution is 2.20. The Morgan fingerprint density at radius 3 is 2.41 bits per heavy atom. The van der Waals surface area contributed by atoms with Crippen molar-refractivity contribution in [3.8, 4) is 0 Å². The molecule has 1 saturated carbocycles. The van der Waals surface area contributed by atoms with Gasteiger partial charge < -0.3 is 19.6 Å². The Balaban J connectivity index is 2.28. The Kier molecular flexibility index (Phi) is 7.35. The molecule has 22 heavy (non-hydrogen) atoms. The molecule has 0 aromatic heterocycles. The Hall–Kier alpha value is -1.59. The van der Waals surface area contributed by atoms with Crippen LogP contribution in [0.1, 0.15) is 65.7 Å². The van der Waals surface area contributed by atoms with Crippen molar-refractivity contribution in [2.24, 2.45) is 0 Å². The van der Waals surface area contributed by atoms with Gasteiger partial charge in [0.2, 0.25) is 0 Å². The van der Waals surface area contributed by atoms with E-state index in [-0.39, 0.29) is 24.9 Å². The first kappa shape index (κ1) is 18.5. The Morgan fingerprint density at radius 2 is 1.86 bits per heavy atom. The smallest absolute Gasteiger partial charge is 0.408 e. The van der Waals surface area contributed by atoms with Gasteiger partial charge in [-0.15, -0.1) is 0 Å². The first-order valence-electron chi connectivity index (χ1n) is 7.94.